The highest BCUT2D eigenvalue weighted by Crippen LogP contribution is 2.01. The SMILES string of the molecule is CCC[C@@H](NC(=O)NCc1cn[nH]c1C)C(=O)O. The third-order valence-electron chi connectivity index (χ3n) is 2.55. The van der Waals surface area contributed by atoms with E-state index in [1.165, 1.54) is 0 Å². The Morgan fingerprint density at radius 3 is 2.78 bits per heavy atom. The zero-order valence-electron chi connectivity index (χ0n) is 10.5. The van der Waals surface area contributed by atoms with Crippen molar-refractivity contribution in [1.82, 2.24) is 20.8 Å². The van der Waals surface area contributed by atoms with Gasteiger partial charge < -0.3 is 15.7 Å². The van der Waals surface area contributed by atoms with E-state index in [1.807, 2.05) is 13.8 Å². The molecule has 18 heavy (non-hydrogen) atoms. The lowest BCUT2D eigenvalue weighted by Gasteiger charge is -2.14. The Bertz CT molecular complexity index is 416. The van der Waals surface area contributed by atoms with Gasteiger partial charge in [0.1, 0.15) is 6.04 Å². The molecule has 0 spiro atoms. The molecule has 100 valence electrons. The summed E-state index contributed by atoms with van der Waals surface area (Å²) in [5.41, 5.74) is 1.74. The topological polar surface area (TPSA) is 107 Å². The number of urea groups is 1. The zero-order valence-corrected chi connectivity index (χ0v) is 10.5. The van der Waals surface area contributed by atoms with Crippen LogP contribution in [0.25, 0.3) is 0 Å². The minimum Gasteiger partial charge on any atom is -0.480 e. The lowest BCUT2D eigenvalue weighted by atomic mass is 10.2. The first-order chi connectivity index (χ1) is 8.54. The van der Waals surface area contributed by atoms with Gasteiger partial charge in [0.05, 0.1) is 6.20 Å². The summed E-state index contributed by atoms with van der Waals surface area (Å²) in [6, 6.07) is -1.34. The zero-order chi connectivity index (χ0) is 13.5. The van der Waals surface area contributed by atoms with Crippen molar-refractivity contribution < 1.29 is 14.7 Å². The lowest BCUT2D eigenvalue weighted by Crippen LogP contribution is -2.45. The first kappa shape index (κ1) is 14.0. The van der Waals surface area contributed by atoms with Crippen LogP contribution < -0.4 is 10.6 Å². The molecule has 1 heterocycles. The molecule has 1 atom stereocenters. The molecule has 0 aromatic carbocycles. The fourth-order valence-electron chi connectivity index (χ4n) is 1.48. The summed E-state index contributed by atoms with van der Waals surface area (Å²) in [6.45, 7) is 4.02. The molecule has 1 aromatic heterocycles. The van der Waals surface area contributed by atoms with Crippen LogP contribution in [0.4, 0.5) is 4.79 Å². The molecule has 0 aliphatic rings. The van der Waals surface area contributed by atoms with Gasteiger partial charge in [-0.3, -0.25) is 5.10 Å². The molecule has 7 heteroatoms. The highest BCUT2D eigenvalue weighted by molar-refractivity contribution is 5.82. The average molecular weight is 254 g/mol. The highest BCUT2D eigenvalue weighted by atomic mass is 16.4. The van der Waals surface area contributed by atoms with Crippen molar-refractivity contribution in [3.05, 3.63) is 17.5 Å². The number of H-pyrrole nitrogens is 1. The van der Waals surface area contributed by atoms with Crippen LogP contribution in [0.3, 0.4) is 0 Å². The van der Waals surface area contributed by atoms with Crippen LogP contribution in [0, 0.1) is 6.92 Å². The first-order valence-corrected chi connectivity index (χ1v) is 5.80. The number of carboxylic acid groups (broad SMARTS) is 1. The Kier molecular flexibility index (Phi) is 5.16. The molecule has 0 radical (unpaired) electrons. The third kappa shape index (κ3) is 4.08. The summed E-state index contributed by atoms with van der Waals surface area (Å²) in [5.74, 6) is -1.02. The minimum atomic E-state index is -1.02. The summed E-state index contributed by atoms with van der Waals surface area (Å²) in [4.78, 5) is 22.4. The van der Waals surface area contributed by atoms with E-state index in [-0.39, 0.29) is 0 Å². The number of amides is 2. The van der Waals surface area contributed by atoms with Crippen LogP contribution in [0.2, 0.25) is 0 Å². The van der Waals surface area contributed by atoms with E-state index in [0.717, 1.165) is 11.3 Å². The Balaban J connectivity index is 2.41. The predicted octanol–water partition coefficient (Wildman–Crippen LogP) is 0.771. The van der Waals surface area contributed by atoms with Crippen molar-refractivity contribution in [2.24, 2.45) is 0 Å². The monoisotopic (exact) mass is 254 g/mol. The maximum atomic E-state index is 11.5. The van der Waals surface area contributed by atoms with Crippen molar-refractivity contribution in [3.63, 3.8) is 0 Å². The van der Waals surface area contributed by atoms with Gasteiger partial charge in [0, 0.05) is 17.8 Å². The lowest BCUT2D eigenvalue weighted by molar-refractivity contribution is -0.139. The van der Waals surface area contributed by atoms with Gasteiger partial charge in [-0.15, -0.1) is 0 Å². The van der Waals surface area contributed by atoms with E-state index in [2.05, 4.69) is 20.8 Å². The van der Waals surface area contributed by atoms with E-state index < -0.39 is 18.0 Å². The molecule has 0 bridgehead atoms. The number of aryl methyl sites for hydroxylation is 1. The average Bonchev–Trinajstić information content (AvgIpc) is 2.71. The summed E-state index contributed by atoms with van der Waals surface area (Å²) < 4.78 is 0. The number of aromatic amines is 1. The normalized spacial score (nSPS) is 11.9. The number of aliphatic carboxylic acids is 1. The van der Waals surface area contributed by atoms with Gasteiger partial charge >= 0.3 is 12.0 Å². The van der Waals surface area contributed by atoms with Crippen molar-refractivity contribution >= 4 is 12.0 Å². The highest BCUT2D eigenvalue weighted by Gasteiger charge is 2.18. The van der Waals surface area contributed by atoms with Crippen LogP contribution in [0.15, 0.2) is 6.20 Å². The molecule has 0 aliphatic carbocycles. The Morgan fingerprint density at radius 1 is 1.56 bits per heavy atom. The summed E-state index contributed by atoms with van der Waals surface area (Å²) in [6.07, 6.45) is 2.72. The second kappa shape index (κ2) is 6.63. The number of aromatic nitrogens is 2. The first-order valence-electron chi connectivity index (χ1n) is 5.80. The molecule has 0 fully saturated rings. The molecular formula is C11H18N4O3. The summed E-state index contributed by atoms with van der Waals surface area (Å²) in [5, 5.41) is 20.5. The van der Waals surface area contributed by atoms with Gasteiger partial charge in [0.15, 0.2) is 0 Å². The second-order valence-electron chi connectivity index (χ2n) is 4.03. The molecule has 1 aromatic rings. The molecular weight excluding hydrogens is 236 g/mol. The van der Waals surface area contributed by atoms with Crippen molar-refractivity contribution in [2.45, 2.75) is 39.3 Å². The largest absolute Gasteiger partial charge is 0.480 e. The molecule has 4 N–H and O–H groups in total. The molecule has 1 rings (SSSR count). The number of rotatable bonds is 6. The van der Waals surface area contributed by atoms with Gasteiger partial charge in [0.2, 0.25) is 0 Å². The molecule has 0 aliphatic heterocycles. The maximum absolute atomic E-state index is 11.5. The van der Waals surface area contributed by atoms with E-state index in [0.29, 0.717) is 19.4 Å². The van der Waals surface area contributed by atoms with Gasteiger partial charge in [-0.1, -0.05) is 13.3 Å². The second-order valence-corrected chi connectivity index (χ2v) is 4.03. The van der Waals surface area contributed by atoms with E-state index in [4.69, 9.17) is 5.11 Å². The number of carbonyl (C=O) groups excluding carboxylic acids is 1. The standard InChI is InChI=1S/C11H18N4O3/c1-3-4-9(10(16)17)14-11(18)12-5-8-6-13-15-7(8)2/h6,9H,3-5H2,1-2H3,(H,13,15)(H,16,17)(H2,12,14,18)/t9-/m1/s1. The van der Waals surface area contributed by atoms with Crippen molar-refractivity contribution in [1.29, 1.82) is 0 Å². The Hall–Kier alpha value is -2.05. The fraction of sp³-hybridized carbons (Fsp3) is 0.545. The molecule has 0 unspecified atom stereocenters. The van der Waals surface area contributed by atoms with Crippen molar-refractivity contribution in [3.8, 4) is 0 Å². The number of hydrogen-bond donors (Lipinski definition) is 4. The van der Waals surface area contributed by atoms with E-state index in [1.54, 1.807) is 6.20 Å². The van der Waals surface area contributed by atoms with Crippen LogP contribution in [0.5, 0.6) is 0 Å². The Morgan fingerprint density at radius 2 is 2.28 bits per heavy atom. The van der Waals surface area contributed by atoms with E-state index >= 15 is 0 Å². The molecule has 7 nitrogen and oxygen atoms in total. The number of nitrogens with one attached hydrogen (secondary N) is 3. The van der Waals surface area contributed by atoms with Crippen LogP contribution >= 0.6 is 0 Å². The van der Waals surface area contributed by atoms with Gasteiger partial charge in [-0.25, -0.2) is 9.59 Å². The van der Waals surface area contributed by atoms with Crippen LogP contribution in [-0.2, 0) is 11.3 Å². The minimum absolute atomic E-state index is 0.312. The number of carbonyl (C=O) groups is 2. The van der Waals surface area contributed by atoms with Crippen molar-refractivity contribution in [2.75, 3.05) is 0 Å². The maximum Gasteiger partial charge on any atom is 0.326 e. The third-order valence-corrected chi connectivity index (χ3v) is 2.55. The number of nitrogens with zero attached hydrogens (tertiary/aromatic N) is 1. The van der Waals surface area contributed by atoms with Gasteiger partial charge in [-0.2, -0.15) is 5.10 Å². The van der Waals surface area contributed by atoms with E-state index in [9.17, 15) is 9.59 Å². The smallest absolute Gasteiger partial charge is 0.326 e. The number of carboxylic acids is 1. The molecule has 2 amide bonds. The number of hydrogen-bond acceptors (Lipinski definition) is 3. The summed E-state index contributed by atoms with van der Waals surface area (Å²) in [7, 11) is 0. The molecule has 0 saturated heterocycles. The Labute approximate surface area is 105 Å². The van der Waals surface area contributed by atoms with Crippen LogP contribution in [0.1, 0.15) is 31.0 Å². The fourth-order valence-corrected chi connectivity index (χ4v) is 1.48. The van der Waals surface area contributed by atoms with Gasteiger partial charge in [0.25, 0.3) is 0 Å². The van der Waals surface area contributed by atoms with Gasteiger partial charge in [-0.05, 0) is 13.3 Å². The van der Waals surface area contributed by atoms with Crippen LogP contribution in [-0.4, -0.2) is 33.3 Å². The molecule has 0 saturated carbocycles. The predicted molar refractivity (Wildman–Crippen MR) is 65.0 cm³/mol. The summed E-state index contributed by atoms with van der Waals surface area (Å²) >= 11 is 0. The quantitative estimate of drug-likeness (QED) is 0.601.